The molecule has 0 N–H and O–H groups in total. The predicted molar refractivity (Wildman–Crippen MR) is 92.4 cm³/mol. The highest BCUT2D eigenvalue weighted by Crippen LogP contribution is 2.28. The molecule has 1 heterocycles. The van der Waals surface area contributed by atoms with Crippen molar-refractivity contribution in [3.8, 4) is 0 Å². The van der Waals surface area contributed by atoms with E-state index in [0.717, 1.165) is 19.5 Å². The van der Waals surface area contributed by atoms with Gasteiger partial charge in [0.05, 0.1) is 5.25 Å². The highest BCUT2D eigenvalue weighted by molar-refractivity contribution is 7.91. The van der Waals surface area contributed by atoms with Crippen LogP contribution in [0, 0.1) is 0 Å². The van der Waals surface area contributed by atoms with Crippen molar-refractivity contribution in [1.82, 2.24) is 4.90 Å². The minimum absolute atomic E-state index is 0.242. The quantitative estimate of drug-likeness (QED) is 0.776. The number of hydrogen-bond acceptors (Lipinski definition) is 5. The van der Waals surface area contributed by atoms with Crippen LogP contribution < -0.4 is 0 Å². The summed E-state index contributed by atoms with van der Waals surface area (Å²) in [6, 6.07) is 8.00. The van der Waals surface area contributed by atoms with Gasteiger partial charge in [0.1, 0.15) is 22.0 Å². The van der Waals surface area contributed by atoms with Crippen LogP contribution in [0.4, 0.5) is 0 Å². The lowest BCUT2D eigenvalue weighted by molar-refractivity contribution is -0.155. The lowest BCUT2D eigenvalue weighted by Crippen LogP contribution is -2.43. The molecule has 0 aromatic heterocycles. The molecule has 1 aromatic carbocycles. The SMILES string of the molecule is C[C@H](C(=O)O[C@@H]1CC[C@H](S(C)(=O)=O)C1)N1CCc2ccccc2C1. The number of nitrogens with zero attached hydrogens (tertiary/aromatic N) is 1. The number of esters is 1. The summed E-state index contributed by atoms with van der Waals surface area (Å²) in [7, 11) is -3.05. The lowest BCUT2D eigenvalue weighted by Gasteiger charge is -2.32. The normalized spacial score (nSPS) is 25.9. The Bertz CT molecular complexity index is 715. The maximum absolute atomic E-state index is 12.5. The first-order chi connectivity index (χ1) is 11.3. The van der Waals surface area contributed by atoms with Crippen LogP contribution in [0.25, 0.3) is 0 Å². The van der Waals surface area contributed by atoms with E-state index in [4.69, 9.17) is 4.74 Å². The lowest BCUT2D eigenvalue weighted by atomic mass is 9.99. The van der Waals surface area contributed by atoms with Gasteiger partial charge in [-0.25, -0.2) is 8.42 Å². The fourth-order valence-electron chi connectivity index (χ4n) is 3.66. The highest BCUT2D eigenvalue weighted by Gasteiger charge is 2.35. The number of carbonyl (C=O) groups is 1. The van der Waals surface area contributed by atoms with E-state index in [1.165, 1.54) is 17.4 Å². The molecule has 0 unspecified atom stereocenters. The van der Waals surface area contributed by atoms with E-state index in [2.05, 4.69) is 17.0 Å². The number of sulfone groups is 1. The van der Waals surface area contributed by atoms with Crippen molar-refractivity contribution in [1.29, 1.82) is 0 Å². The summed E-state index contributed by atoms with van der Waals surface area (Å²) in [4.78, 5) is 14.6. The molecule has 3 atom stereocenters. The Balaban J connectivity index is 1.56. The molecule has 5 nitrogen and oxygen atoms in total. The van der Waals surface area contributed by atoms with Crippen LogP contribution >= 0.6 is 0 Å². The zero-order valence-electron chi connectivity index (χ0n) is 14.3. The molecule has 2 aliphatic rings. The maximum Gasteiger partial charge on any atom is 0.323 e. The molecule has 132 valence electrons. The number of ether oxygens (including phenoxy) is 1. The van der Waals surface area contributed by atoms with Crippen molar-refractivity contribution in [3.63, 3.8) is 0 Å². The zero-order valence-corrected chi connectivity index (χ0v) is 15.1. The van der Waals surface area contributed by atoms with E-state index >= 15 is 0 Å². The first-order valence-corrected chi connectivity index (χ1v) is 10.5. The molecule has 0 spiro atoms. The summed E-state index contributed by atoms with van der Waals surface area (Å²) in [5.41, 5.74) is 2.61. The molecule has 1 aliphatic carbocycles. The Labute approximate surface area is 143 Å². The van der Waals surface area contributed by atoms with Crippen LogP contribution in [-0.4, -0.2) is 49.5 Å². The molecule has 0 radical (unpaired) electrons. The topological polar surface area (TPSA) is 63.7 Å². The van der Waals surface area contributed by atoms with Crippen LogP contribution in [-0.2, 0) is 32.3 Å². The predicted octanol–water partition coefficient (Wildman–Crippen LogP) is 1.94. The number of hydrogen-bond donors (Lipinski definition) is 0. The number of carbonyl (C=O) groups excluding carboxylic acids is 1. The number of fused-ring (bicyclic) bond motifs is 1. The van der Waals surface area contributed by atoms with Gasteiger partial charge in [-0.15, -0.1) is 0 Å². The third-order valence-electron chi connectivity index (χ3n) is 5.27. The Morgan fingerprint density at radius 1 is 1.25 bits per heavy atom. The smallest absolute Gasteiger partial charge is 0.323 e. The van der Waals surface area contributed by atoms with E-state index in [0.29, 0.717) is 19.3 Å². The van der Waals surface area contributed by atoms with Crippen molar-refractivity contribution in [2.24, 2.45) is 0 Å². The molecule has 1 aliphatic heterocycles. The van der Waals surface area contributed by atoms with Crippen LogP contribution in [0.5, 0.6) is 0 Å². The first kappa shape index (κ1) is 17.4. The number of benzene rings is 1. The molecule has 1 aromatic rings. The monoisotopic (exact) mass is 351 g/mol. The first-order valence-electron chi connectivity index (χ1n) is 8.55. The summed E-state index contributed by atoms with van der Waals surface area (Å²) in [6.45, 7) is 3.46. The summed E-state index contributed by atoms with van der Waals surface area (Å²) in [6.07, 6.45) is 3.58. The second kappa shape index (κ2) is 6.84. The molecule has 6 heteroatoms. The minimum Gasteiger partial charge on any atom is -0.461 e. The fraction of sp³-hybridized carbons (Fsp3) is 0.611. The summed E-state index contributed by atoms with van der Waals surface area (Å²) >= 11 is 0. The molecule has 0 saturated heterocycles. The molecule has 1 fully saturated rings. The van der Waals surface area contributed by atoms with Gasteiger partial charge in [-0.05, 0) is 37.3 Å². The van der Waals surface area contributed by atoms with Gasteiger partial charge in [0.25, 0.3) is 0 Å². The molecular formula is C18H25NO4S. The number of rotatable bonds is 4. The average molecular weight is 351 g/mol. The molecule has 0 bridgehead atoms. The maximum atomic E-state index is 12.5. The Hall–Kier alpha value is -1.40. The van der Waals surface area contributed by atoms with Crippen molar-refractivity contribution >= 4 is 15.8 Å². The Morgan fingerprint density at radius 3 is 2.62 bits per heavy atom. The largest absolute Gasteiger partial charge is 0.461 e. The minimum atomic E-state index is -3.05. The van der Waals surface area contributed by atoms with Crippen molar-refractivity contribution in [3.05, 3.63) is 35.4 Å². The third kappa shape index (κ3) is 3.81. The second-order valence-electron chi connectivity index (χ2n) is 6.99. The summed E-state index contributed by atoms with van der Waals surface area (Å²) in [5, 5.41) is -0.368. The van der Waals surface area contributed by atoms with Crippen molar-refractivity contribution < 1.29 is 17.9 Å². The zero-order chi connectivity index (χ0) is 17.3. The average Bonchev–Trinajstić information content (AvgIpc) is 3.02. The Morgan fingerprint density at radius 2 is 1.96 bits per heavy atom. The highest BCUT2D eigenvalue weighted by atomic mass is 32.2. The van der Waals surface area contributed by atoms with Gasteiger partial charge in [0.2, 0.25) is 0 Å². The Kier molecular flexibility index (Phi) is 4.97. The molecule has 1 saturated carbocycles. The van der Waals surface area contributed by atoms with E-state index < -0.39 is 9.84 Å². The van der Waals surface area contributed by atoms with Gasteiger partial charge in [0, 0.05) is 25.8 Å². The molecule has 24 heavy (non-hydrogen) atoms. The summed E-state index contributed by atoms with van der Waals surface area (Å²) in [5.74, 6) is -0.242. The van der Waals surface area contributed by atoms with E-state index in [-0.39, 0.29) is 23.4 Å². The van der Waals surface area contributed by atoms with Crippen molar-refractivity contribution in [2.75, 3.05) is 12.8 Å². The van der Waals surface area contributed by atoms with Crippen LogP contribution in [0.2, 0.25) is 0 Å². The van der Waals surface area contributed by atoms with Crippen LogP contribution in [0.1, 0.15) is 37.3 Å². The fourth-order valence-corrected chi connectivity index (χ4v) is 4.79. The van der Waals surface area contributed by atoms with E-state index in [1.54, 1.807) is 0 Å². The summed E-state index contributed by atoms with van der Waals surface area (Å²) < 4.78 is 28.8. The van der Waals surface area contributed by atoms with E-state index in [1.807, 2.05) is 19.1 Å². The van der Waals surface area contributed by atoms with Crippen molar-refractivity contribution in [2.45, 2.75) is 56.5 Å². The van der Waals surface area contributed by atoms with Gasteiger partial charge in [-0.3, -0.25) is 9.69 Å². The molecule has 0 amide bonds. The third-order valence-corrected chi connectivity index (χ3v) is 6.91. The van der Waals surface area contributed by atoms with Crippen LogP contribution in [0.15, 0.2) is 24.3 Å². The van der Waals surface area contributed by atoms with Gasteiger partial charge in [-0.2, -0.15) is 0 Å². The standard InChI is InChI=1S/C18H25NO4S/c1-13(19-10-9-14-5-3-4-6-15(14)12-19)18(20)23-16-7-8-17(11-16)24(2,21)22/h3-6,13,16-17H,7-12H2,1-2H3/t13-,16-,17+/m1/s1. The second-order valence-corrected chi connectivity index (χ2v) is 9.31. The van der Waals surface area contributed by atoms with Gasteiger partial charge in [0.15, 0.2) is 0 Å². The molecular weight excluding hydrogens is 326 g/mol. The van der Waals surface area contributed by atoms with Gasteiger partial charge in [-0.1, -0.05) is 24.3 Å². The van der Waals surface area contributed by atoms with Crippen LogP contribution in [0.3, 0.4) is 0 Å². The molecule has 3 rings (SSSR count). The van der Waals surface area contributed by atoms with E-state index in [9.17, 15) is 13.2 Å². The van der Waals surface area contributed by atoms with Gasteiger partial charge >= 0.3 is 5.97 Å². The van der Waals surface area contributed by atoms with Gasteiger partial charge < -0.3 is 4.74 Å².